The van der Waals surface area contributed by atoms with E-state index < -0.39 is 24.0 Å². The average Bonchev–Trinajstić information content (AvgIpc) is 3.25. The highest BCUT2D eigenvalue weighted by atomic mass is 32.1. The number of hydrogen-bond donors (Lipinski definition) is 3. The predicted octanol–water partition coefficient (Wildman–Crippen LogP) is 5.26. The molecule has 1 saturated heterocycles. The van der Waals surface area contributed by atoms with Gasteiger partial charge in [0.25, 0.3) is 0 Å². The minimum atomic E-state index is -0.968. The van der Waals surface area contributed by atoms with Crippen molar-refractivity contribution in [3.8, 4) is 0 Å². The SMILES string of the molecule is C/C=C\c1csc(C)n1.CC1CCCOC(=O)CC(O)C(C)C(=O)C(C)CC(C)CCC1.NCC(=O)O. The monoisotopic (exact) mass is 540 g/mol. The number of rotatable bonds is 2. The van der Waals surface area contributed by atoms with E-state index in [4.69, 9.17) is 9.84 Å². The fourth-order valence-corrected chi connectivity index (χ4v) is 4.67. The topological polar surface area (TPSA) is 140 Å². The molecule has 1 aromatic heterocycles. The number of nitrogens with zero attached hydrogens (tertiary/aromatic N) is 1. The second kappa shape index (κ2) is 19.9. The standard InChI is InChI=1S/C19H34O4.C7H9NS.C2H5NO2/c1-13-7-5-8-14(2)11-15(3)19(22)16(4)17(20)12-18(21)23-10-6-9-13;1-3-4-7-5-9-6(2)8-7;3-1-2(4)5/h13-17,20H,5-12H2,1-4H3;3-5H,1-2H3;1,3H2,(H,4,5)/b;4-3-;. The summed E-state index contributed by atoms with van der Waals surface area (Å²) in [6.45, 7) is 12.2. The molecule has 0 aromatic carbocycles. The summed E-state index contributed by atoms with van der Waals surface area (Å²) < 4.78 is 5.18. The van der Waals surface area contributed by atoms with Crippen LogP contribution in [0, 0.1) is 30.6 Å². The third-order valence-corrected chi connectivity index (χ3v) is 7.08. The molecule has 8 nitrogen and oxygen atoms in total. The number of aryl methyl sites for hydroxylation is 1. The number of cyclic esters (lactones) is 1. The van der Waals surface area contributed by atoms with Crippen LogP contribution in [0.4, 0.5) is 0 Å². The summed E-state index contributed by atoms with van der Waals surface area (Å²) in [4.78, 5) is 37.7. The van der Waals surface area contributed by atoms with Gasteiger partial charge in [-0.15, -0.1) is 11.3 Å². The normalized spacial score (nSPS) is 26.3. The van der Waals surface area contributed by atoms with Crippen molar-refractivity contribution >= 4 is 35.1 Å². The molecule has 0 bridgehead atoms. The van der Waals surface area contributed by atoms with Gasteiger partial charge in [0.1, 0.15) is 5.78 Å². The Bertz CT molecular complexity index is 825. The van der Waals surface area contributed by atoms with Gasteiger partial charge in [-0.05, 0) is 51.0 Å². The van der Waals surface area contributed by atoms with Crippen LogP contribution >= 0.6 is 11.3 Å². The van der Waals surface area contributed by atoms with Gasteiger partial charge >= 0.3 is 11.9 Å². The number of nitrogens with two attached hydrogens (primary N) is 1. The Morgan fingerprint density at radius 2 is 1.76 bits per heavy atom. The molecule has 1 aliphatic heterocycles. The van der Waals surface area contributed by atoms with Crippen molar-refractivity contribution in [1.82, 2.24) is 4.98 Å². The zero-order valence-corrected chi connectivity index (χ0v) is 24.3. The van der Waals surface area contributed by atoms with Crippen LogP contribution in [0.25, 0.3) is 6.08 Å². The number of thiazole rings is 1. The third-order valence-electron chi connectivity index (χ3n) is 6.29. The Balaban J connectivity index is 0.000000752. The molecular formula is C28H48N2O6S. The van der Waals surface area contributed by atoms with Crippen molar-refractivity contribution in [2.45, 2.75) is 92.6 Å². The van der Waals surface area contributed by atoms with Gasteiger partial charge in [0.15, 0.2) is 0 Å². The molecule has 2 rings (SSSR count). The number of ketones is 1. The van der Waals surface area contributed by atoms with Crippen LogP contribution in [-0.4, -0.2) is 52.2 Å². The number of Topliss-reactive ketones (excluding diaryl/α,β-unsaturated/α-hetero) is 1. The van der Waals surface area contributed by atoms with Gasteiger partial charge in [0.2, 0.25) is 0 Å². The highest BCUT2D eigenvalue weighted by Crippen LogP contribution is 2.25. The van der Waals surface area contributed by atoms with Crippen molar-refractivity contribution in [2.75, 3.05) is 13.2 Å². The van der Waals surface area contributed by atoms with Gasteiger partial charge in [-0.2, -0.15) is 0 Å². The summed E-state index contributed by atoms with van der Waals surface area (Å²) in [7, 11) is 0. The molecule has 0 radical (unpaired) electrons. The van der Waals surface area contributed by atoms with Crippen molar-refractivity contribution < 1.29 is 29.3 Å². The number of allylic oxidation sites excluding steroid dienone is 1. The lowest BCUT2D eigenvalue weighted by Gasteiger charge is -2.23. The number of aromatic nitrogens is 1. The molecule has 0 spiro atoms. The maximum atomic E-state index is 12.4. The number of aliphatic hydroxyl groups is 1. The highest BCUT2D eigenvalue weighted by molar-refractivity contribution is 7.09. The summed E-state index contributed by atoms with van der Waals surface area (Å²) >= 11 is 1.68. The lowest BCUT2D eigenvalue weighted by molar-refractivity contribution is -0.147. The van der Waals surface area contributed by atoms with Crippen LogP contribution < -0.4 is 5.73 Å². The fourth-order valence-electron chi connectivity index (χ4n) is 4.09. The van der Waals surface area contributed by atoms with E-state index >= 15 is 0 Å². The van der Waals surface area contributed by atoms with E-state index in [9.17, 15) is 19.5 Å². The molecule has 1 aromatic rings. The van der Waals surface area contributed by atoms with Gasteiger partial charge < -0.3 is 20.7 Å². The van der Waals surface area contributed by atoms with E-state index in [0.717, 1.165) is 36.4 Å². The van der Waals surface area contributed by atoms with Crippen molar-refractivity contribution in [1.29, 1.82) is 0 Å². The van der Waals surface area contributed by atoms with Gasteiger partial charge in [-0.1, -0.05) is 53.0 Å². The number of ether oxygens (including phenoxy) is 1. The van der Waals surface area contributed by atoms with E-state index in [0.29, 0.717) is 18.4 Å². The minimum Gasteiger partial charge on any atom is -0.480 e. The lowest BCUT2D eigenvalue weighted by Crippen LogP contribution is -2.32. The fraction of sp³-hybridized carbons (Fsp3) is 0.714. The van der Waals surface area contributed by atoms with Crippen molar-refractivity contribution in [2.24, 2.45) is 29.4 Å². The summed E-state index contributed by atoms with van der Waals surface area (Å²) in [5.74, 6) is -0.754. The Morgan fingerprint density at radius 1 is 1.16 bits per heavy atom. The lowest BCUT2D eigenvalue weighted by atomic mass is 9.83. The molecule has 37 heavy (non-hydrogen) atoms. The van der Waals surface area contributed by atoms with Crippen molar-refractivity contribution in [3.63, 3.8) is 0 Å². The van der Waals surface area contributed by atoms with Crippen molar-refractivity contribution in [3.05, 3.63) is 22.2 Å². The molecule has 0 saturated carbocycles. The first-order valence-electron chi connectivity index (χ1n) is 13.2. The number of carbonyl (C=O) groups is 3. The van der Waals surface area contributed by atoms with E-state index in [1.807, 2.05) is 32.9 Å². The molecule has 5 unspecified atom stereocenters. The Morgan fingerprint density at radius 3 is 2.30 bits per heavy atom. The van der Waals surface area contributed by atoms with Crippen LogP contribution in [0.3, 0.4) is 0 Å². The number of aliphatic hydroxyl groups excluding tert-OH is 1. The van der Waals surface area contributed by atoms with Crippen LogP contribution in [0.5, 0.6) is 0 Å². The molecule has 0 aliphatic carbocycles. The maximum absolute atomic E-state index is 12.4. The number of hydrogen-bond acceptors (Lipinski definition) is 8. The van der Waals surface area contributed by atoms with Gasteiger partial charge in [0.05, 0.1) is 36.4 Å². The van der Waals surface area contributed by atoms with Crippen LogP contribution in [0.15, 0.2) is 11.5 Å². The summed E-state index contributed by atoms with van der Waals surface area (Å²) in [6, 6.07) is 0. The first kappa shape index (κ1) is 34.9. The Hall–Kier alpha value is -2.10. The molecule has 1 aliphatic rings. The molecule has 212 valence electrons. The van der Waals surface area contributed by atoms with Crippen LogP contribution in [0.1, 0.15) is 90.3 Å². The molecule has 5 atom stereocenters. The maximum Gasteiger partial charge on any atom is 0.317 e. The van der Waals surface area contributed by atoms with Gasteiger partial charge in [0, 0.05) is 17.2 Å². The number of carboxylic acid groups (broad SMARTS) is 1. The second-order valence-corrected chi connectivity index (χ2v) is 11.1. The largest absolute Gasteiger partial charge is 0.480 e. The van der Waals surface area contributed by atoms with E-state index in [1.165, 1.54) is 12.8 Å². The molecule has 9 heteroatoms. The second-order valence-electron chi connectivity index (χ2n) is 9.99. The zero-order valence-electron chi connectivity index (χ0n) is 23.4. The molecule has 0 amide bonds. The smallest absolute Gasteiger partial charge is 0.317 e. The number of esters is 1. The number of aliphatic carboxylic acids is 1. The van der Waals surface area contributed by atoms with E-state index in [-0.39, 0.29) is 24.7 Å². The minimum absolute atomic E-state index is 0.0533. The first-order chi connectivity index (χ1) is 17.4. The van der Waals surface area contributed by atoms with E-state index in [2.05, 4.69) is 29.9 Å². The number of carboxylic acids is 1. The van der Waals surface area contributed by atoms with E-state index in [1.54, 1.807) is 18.3 Å². The summed E-state index contributed by atoms with van der Waals surface area (Å²) in [5.41, 5.74) is 5.64. The van der Waals surface area contributed by atoms with Crippen LogP contribution in [-0.2, 0) is 19.1 Å². The molecule has 4 N–H and O–H groups in total. The predicted molar refractivity (Wildman–Crippen MR) is 149 cm³/mol. The van der Waals surface area contributed by atoms with Gasteiger partial charge in [-0.25, -0.2) is 4.98 Å². The molecule has 2 heterocycles. The first-order valence-corrected chi connectivity index (χ1v) is 14.1. The molecule has 1 fully saturated rings. The average molecular weight is 541 g/mol. The summed E-state index contributed by atoms with van der Waals surface area (Å²) in [6.07, 6.45) is 9.27. The number of carbonyl (C=O) groups excluding carboxylic acids is 2. The third kappa shape index (κ3) is 17.1. The molecular weight excluding hydrogens is 492 g/mol. The Labute approximate surface area is 226 Å². The van der Waals surface area contributed by atoms with Gasteiger partial charge in [-0.3, -0.25) is 14.4 Å². The zero-order chi connectivity index (χ0) is 28.4. The van der Waals surface area contributed by atoms with Crippen LogP contribution in [0.2, 0.25) is 0 Å². The highest BCUT2D eigenvalue weighted by Gasteiger charge is 2.29. The quantitative estimate of drug-likeness (QED) is 0.431. The summed E-state index contributed by atoms with van der Waals surface area (Å²) in [5, 5.41) is 20.9. The Kier molecular flexibility index (Phi) is 18.8.